The minimum atomic E-state index is 0.187. The minimum absolute atomic E-state index is 0.187. The number of fused-ring (bicyclic) bond motifs is 6. The number of rotatable bonds is 4. The van der Waals surface area contributed by atoms with E-state index in [-0.39, 0.29) is 6.04 Å². The van der Waals surface area contributed by atoms with Gasteiger partial charge in [-0.2, -0.15) is 0 Å². The molecule has 0 N–H and O–H groups in total. The summed E-state index contributed by atoms with van der Waals surface area (Å²) in [5.74, 6) is 0.744. The molecule has 3 atom stereocenters. The summed E-state index contributed by atoms with van der Waals surface area (Å²) >= 11 is 0. The molecule has 9 rings (SSSR count). The van der Waals surface area contributed by atoms with Gasteiger partial charge in [0.05, 0.1) is 28.5 Å². The molecule has 3 heteroatoms. The van der Waals surface area contributed by atoms with E-state index in [0.29, 0.717) is 11.8 Å². The van der Waals surface area contributed by atoms with Crippen LogP contribution in [0.1, 0.15) is 37.7 Å². The SMILES string of the molecule is CC1CC=C(c2cccc(C3=CC(n4c5ccccc5c5ccccc54)C(C)C=C3)n2)C=C1n1c2ccccc2c2ccccc21. The Labute approximate surface area is 269 Å². The van der Waals surface area contributed by atoms with Crippen molar-refractivity contribution in [2.24, 2.45) is 11.8 Å². The zero-order chi connectivity index (χ0) is 30.8. The van der Waals surface area contributed by atoms with Gasteiger partial charge in [0.25, 0.3) is 0 Å². The number of nitrogens with zero attached hydrogens (tertiary/aromatic N) is 3. The van der Waals surface area contributed by atoms with E-state index in [0.717, 1.165) is 17.8 Å². The maximum atomic E-state index is 5.30. The molecule has 46 heavy (non-hydrogen) atoms. The summed E-state index contributed by atoms with van der Waals surface area (Å²) in [7, 11) is 0. The fourth-order valence-corrected chi connectivity index (χ4v) is 7.72. The average molecular weight is 594 g/mol. The van der Waals surface area contributed by atoms with Crippen LogP contribution in [0.25, 0.3) is 60.5 Å². The van der Waals surface area contributed by atoms with Crippen LogP contribution in [-0.4, -0.2) is 14.1 Å². The normalized spacial score (nSPS) is 20.0. The number of hydrogen-bond donors (Lipinski definition) is 0. The molecule has 4 aromatic carbocycles. The Morgan fingerprint density at radius 3 is 1.72 bits per heavy atom. The highest BCUT2D eigenvalue weighted by Crippen LogP contribution is 2.40. The molecule has 2 aliphatic carbocycles. The summed E-state index contributed by atoms with van der Waals surface area (Å²) < 4.78 is 4.99. The second kappa shape index (κ2) is 10.6. The van der Waals surface area contributed by atoms with Crippen LogP contribution in [-0.2, 0) is 0 Å². The highest BCUT2D eigenvalue weighted by molar-refractivity contribution is 6.10. The maximum absolute atomic E-state index is 5.30. The lowest BCUT2D eigenvalue weighted by Gasteiger charge is -2.27. The Bertz CT molecular complexity index is 2320. The zero-order valence-electron chi connectivity index (χ0n) is 26.1. The quantitative estimate of drug-likeness (QED) is 0.199. The second-order valence-corrected chi connectivity index (χ2v) is 12.9. The van der Waals surface area contributed by atoms with Crippen LogP contribution in [0.5, 0.6) is 0 Å². The zero-order valence-corrected chi connectivity index (χ0v) is 26.1. The Morgan fingerprint density at radius 1 is 0.587 bits per heavy atom. The summed E-state index contributed by atoms with van der Waals surface area (Å²) in [5, 5.41) is 5.20. The van der Waals surface area contributed by atoms with Gasteiger partial charge >= 0.3 is 0 Å². The largest absolute Gasteiger partial charge is 0.333 e. The number of hydrogen-bond acceptors (Lipinski definition) is 1. The first-order chi connectivity index (χ1) is 22.7. The van der Waals surface area contributed by atoms with E-state index in [2.05, 4.69) is 169 Å². The van der Waals surface area contributed by atoms with Crippen LogP contribution in [0, 0.1) is 11.8 Å². The van der Waals surface area contributed by atoms with Crippen LogP contribution in [0.3, 0.4) is 0 Å². The third-order valence-electron chi connectivity index (χ3n) is 10.1. The first kappa shape index (κ1) is 26.9. The monoisotopic (exact) mass is 593 g/mol. The molecule has 3 heterocycles. The van der Waals surface area contributed by atoms with Crippen molar-refractivity contribution in [2.45, 2.75) is 26.3 Å². The molecule has 222 valence electrons. The smallest absolute Gasteiger partial charge is 0.0706 e. The fraction of sp³-hybridized carbons (Fsp3) is 0.140. The van der Waals surface area contributed by atoms with Crippen molar-refractivity contribution in [2.75, 3.05) is 0 Å². The van der Waals surface area contributed by atoms with Crippen molar-refractivity contribution < 1.29 is 0 Å². The molecule has 0 saturated carbocycles. The van der Waals surface area contributed by atoms with Gasteiger partial charge in [-0.15, -0.1) is 0 Å². The van der Waals surface area contributed by atoms with Gasteiger partial charge in [-0.1, -0.05) is 117 Å². The van der Waals surface area contributed by atoms with E-state index in [4.69, 9.17) is 4.98 Å². The lowest BCUT2D eigenvalue weighted by Crippen LogP contribution is -2.16. The van der Waals surface area contributed by atoms with Crippen LogP contribution < -0.4 is 0 Å². The molecule has 7 aromatic rings. The van der Waals surface area contributed by atoms with Gasteiger partial charge in [-0.05, 0) is 66.0 Å². The van der Waals surface area contributed by atoms with Crippen LogP contribution >= 0.6 is 0 Å². The summed E-state index contributed by atoms with van der Waals surface area (Å²) in [5.41, 5.74) is 10.8. The first-order valence-corrected chi connectivity index (χ1v) is 16.4. The summed E-state index contributed by atoms with van der Waals surface area (Å²) in [6.45, 7) is 4.65. The predicted molar refractivity (Wildman–Crippen MR) is 194 cm³/mol. The molecule has 0 aliphatic heterocycles. The minimum Gasteiger partial charge on any atom is -0.333 e. The summed E-state index contributed by atoms with van der Waals surface area (Å²) in [6.07, 6.45) is 12.7. The van der Waals surface area contributed by atoms with Crippen molar-refractivity contribution in [3.05, 3.63) is 157 Å². The number of benzene rings is 4. The van der Waals surface area contributed by atoms with Crippen molar-refractivity contribution in [1.29, 1.82) is 0 Å². The maximum Gasteiger partial charge on any atom is 0.0706 e. The molecule has 0 amide bonds. The van der Waals surface area contributed by atoms with Crippen LogP contribution in [0.4, 0.5) is 0 Å². The van der Waals surface area contributed by atoms with Crippen molar-refractivity contribution in [3.63, 3.8) is 0 Å². The molecule has 0 fully saturated rings. The van der Waals surface area contributed by atoms with E-state index in [9.17, 15) is 0 Å². The molecule has 0 spiro atoms. The molecule has 0 bridgehead atoms. The third-order valence-corrected chi connectivity index (χ3v) is 10.1. The van der Waals surface area contributed by atoms with Gasteiger partial charge in [-0.25, -0.2) is 4.98 Å². The number of allylic oxidation sites excluding steroid dienone is 8. The Morgan fingerprint density at radius 2 is 1.11 bits per heavy atom. The molecule has 0 saturated heterocycles. The summed E-state index contributed by atoms with van der Waals surface area (Å²) in [6, 6.07) is 41.8. The number of pyridine rings is 1. The van der Waals surface area contributed by atoms with Crippen molar-refractivity contribution >= 4 is 60.5 Å². The lowest BCUT2D eigenvalue weighted by atomic mass is 9.90. The molecule has 3 unspecified atom stereocenters. The van der Waals surface area contributed by atoms with E-state index >= 15 is 0 Å². The molecular weight excluding hydrogens is 558 g/mol. The second-order valence-electron chi connectivity index (χ2n) is 12.9. The number of para-hydroxylation sites is 4. The summed E-state index contributed by atoms with van der Waals surface area (Å²) in [4.78, 5) is 5.30. The van der Waals surface area contributed by atoms with Gasteiger partial charge < -0.3 is 9.13 Å². The first-order valence-electron chi connectivity index (χ1n) is 16.4. The Balaban J connectivity index is 1.13. The average Bonchev–Trinajstić information content (AvgIpc) is 3.62. The van der Waals surface area contributed by atoms with Gasteiger partial charge in [-0.3, -0.25) is 0 Å². The van der Waals surface area contributed by atoms with E-state index in [1.807, 2.05) is 0 Å². The lowest BCUT2D eigenvalue weighted by molar-refractivity contribution is 0.511. The van der Waals surface area contributed by atoms with E-state index in [1.54, 1.807) is 0 Å². The fourth-order valence-electron chi connectivity index (χ4n) is 7.72. The van der Waals surface area contributed by atoms with Gasteiger partial charge in [0.2, 0.25) is 0 Å². The Kier molecular flexibility index (Phi) is 6.21. The van der Waals surface area contributed by atoms with E-state index < -0.39 is 0 Å². The molecule has 0 radical (unpaired) electrons. The van der Waals surface area contributed by atoms with E-state index in [1.165, 1.54) is 60.5 Å². The highest BCUT2D eigenvalue weighted by atomic mass is 15.0. The Hall–Kier alpha value is -5.41. The van der Waals surface area contributed by atoms with Crippen LogP contribution in [0.15, 0.2) is 146 Å². The third kappa shape index (κ3) is 4.15. The van der Waals surface area contributed by atoms with Crippen LogP contribution in [0.2, 0.25) is 0 Å². The molecular formula is C43H35N3. The standard InChI is InChI=1S/C43H35N3/c1-28-22-24-30(26-42(28)45-38-18-7-3-12-32(38)33-13-4-8-19-39(33)45)36-16-11-17-37(44-36)31-25-23-29(2)43(27-31)46-40-20-9-5-14-34(40)35-15-6-10-21-41(35)46/h3-22,24-29,42H,23H2,1-2H3. The molecule has 3 aromatic heterocycles. The van der Waals surface area contributed by atoms with Crippen molar-refractivity contribution in [1.82, 2.24) is 14.1 Å². The highest BCUT2D eigenvalue weighted by Gasteiger charge is 2.25. The number of aromatic nitrogens is 3. The van der Waals surface area contributed by atoms with Gasteiger partial charge in [0.15, 0.2) is 0 Å². The van der Waals surface area contributed by atoms with Crippen molar-refractivity contribution in [3.8, 4) is 0 Å². The van der Waals surface area contributed by atoms with Gasteiger partial charge in [0, 0.05) is 44.2 Å². The predicted octanol–water partition coefficient (Wildman–Crippen LogP) is 11.1. The van der Waals surface area contributed by atoms with Gasteiger partial charge in [0.1, 0.15) is 0 Å². The molecule has 2 aliphatic rings. The topological polar surface area (TPSA) is 22.8 Å². The molecule has 3 nitrogen and oxygen atoms in total.